The average molecular weight is 342 g/mol. The maximum Gasteiger partial charge on any atom is 0.250 e. The molecule has 2 fully saturated rings. The Morgan fingerprint density at radius 1 is 1.38 bits per heavy atom. The Hall–Kier alpha value is -2.28. The van der Waals surface area contributed by atoms with Gasteiger partial charge < -0.3 is 4.90 Å². The average Bonchev–Trinajstić information content (AvgIpc) is 3.25. The largest absolute Gasteiger partial charge is 0.315 e. The van der Waals surface area contributed by atoms with Gasteiger partial charge in [0.05, 0.1) is 4.87 Å². The van der Waals surface area contributed by atoms with Crippen LogP contribution in [0.1, 0.15) is 19.8 Å². The molecule has 1 N–H and O–H groups in total. The lowest BCUT2D eigenvalue weighted by molar-refractivity contribution is -0.135. The fraction of sp³-hybridized carbons (Fsp3) is 0.353. The first-order valence-corrected chi connectivity index (χ1v) is 8.93. The number of aromatic nitrogens is 2. The molecule has 2 saturated heterocycles. The molecule has 1 aromatic carbocycles. The number of imidazole rings is 1. The lowest BCUT2D eigenvalue weighted by Crippen LogP contribution is -2.48. The van der Waals surface area contributed by atoms with Gasteiger partial charge in [-0.1, -0.05) is 18.2 Å². The summed E-state index contributed by atoms with van der Waals surface area (Å²) < 4.78 is 1.82. The molecule has 0 spiro atoms. The van der Waals surface area contributed by atoms with Gasteiger partial charge in [0.15, 0.2) is 0 Å². The Kier molecular flexibility index (Phi) is 3.60. The molecular formula is C17H18N4O2S. The molecule has 3 heterocycles. The van der Waals surface area contributed by atoms with Gasteiger partial charge in [-0.15, -0.1) is 11.8 Å². The van der Waals surface area contributed by atoms with Gasteiger partial charge in [-0.3, -0.25) is 19.5 Å². The van der Waals surface area contributed by atoms with E-state index in [1.165, 1.54) is 0 Å². The summed E-state index contributed by atoms with van der Waals surface area (Å²) in [4.78, 5) is 30.7. The van der Waals surface area contributed by atoms with Gasteiger partial charge in [-0.05, 0) is 25.5 Å². The Bertz CT molecular complexity index is 791. The number of anilines is 1. The summed E-state index contributed by atoms with van der Waals surface area (Å²) in [5.74, 6) is 0.982. The molecule has 4 rings (SSSR count). The van der Waals surface area contributed by atoms with Crippen molar-refractivity contribution in [2.45, 2.75) is 30.7 Å². The van der Waals surface area contributed by atoms with Crippen LogP contribution in [-0.2, 0) is 9.59 Å². The minimum atomic E-state index is -0.434. The number of hydrogen-bond acceptors (Lipinski definition) is 4. The number of carbonyl (C=O) groups excluding carboxylic acids is 2. The second-order valence-corrected chi connectivity index (χ2v) is 7.71. The Morgan fingerprint density at radius 3 is 2.96 bits per heavy atom. The van der Waals surface area contributed by atoms with Crippen LogP contribution in [0.5, 0.6) is 0 Å². The molecular weight excluding hydrogens is 324 g/mol. The molecule has 0 saturated carbocycles. The van der Waals surface area contributed by atoms with E-state index in [1.54, 1.807) is 29.1 Å². The highest BCUT2D eigenvalue weighted by Crippen LogP contribution is 2.47. The van der Waals surface area contributed by atoms with Crippen molar-refractivity contribution in [3.05, 3.63) is 42.7 Å². The van der Waals surface area contributed by atoms with E-state index in [4.69, 9.17) is 0 Å². The summed E-state index contributed by atoms with van der Waals surface area (Å²) >= 11 is 1.69. The normalized spacial score (nSPS) is 25.8. The molecule has 2 atom stereocenters. The van der Waals surface area contributed by atoms with E-state index in [9.17, 15) is 9.59 Å². The molecule has 24 heavy (non-hydrogen) atoms. The predicted octanol–water partition coefficient (Wildman–Crippen LogP) is 2.26. The first kappa shape index (κ1) is 15.3. The molecule has 1 aromatic heterocycles. The van der Waals surface area contributed by atoms with Gasteiger partial charge in [0.25, 0.3) is 0 Å². The number of benzene rings is 1. The minimum Gasteiger partial charge on any atom is -0.315 e. The van der Waals surface area contributed by atoms with Crippen molar-refractivity contribution >= 4 is 29.5 Å². The molecule has 0 unspecified atom stereocenters. The van der Waals surface area contributed by atoms with Gasteiger partial charge in [0.2, 0.25) is 17.8 Å². The summed E-state index contributed by atoms with van der Waals surface area (Å²) in [7, 11) is 0. The summed E-state index contributed by atoms with van der Waals surface area (Å²) in [5.41, 5.74) is 0.924. The molecule has 0 bridgehead atoms. The zero-order valence-electron chi connectivity index (χ0n) is 13.3. The van der Waals surface area contributed by atoms with Crippen LogP contribution in [0.4, 0.5) is 5.95 Å². The summed E-state index contributed by atoms with van der Waals surface area (Å²) in [6.07, 6.45) is 4.78. The van der Waals surface area contributed by atoms with E-state index in [0.29, 0.717) is 18.1 Å². The van der Waals surface area contributed by atoms with Crippen molar-refractivity contribution in [1.29, 1.82) is 0 Å². The fourth-order valence-corrected chi connectivity index (χ4v) is 4.83. The van der Waals surface area contributed by atoms with Crippen molar-refractivity contribution in [2.24, 2.45) is 0 Å². The molecule has 124 valence electrons. The first-order valence-electron chi connectivity index (χ1n) is 7.94. The number of nitrogens with one attached hydrogen (secondary N) is 1. The SMILES string of the molecule is C[C@]12CCC(=O)N1[C@@H](C(=O)Nc1nccn1-c1ccccc1)CS2. The third-order valence-electron chi connectivity index (χ3n) is 4.66. The second kappa shape index (κ2) is 5.66. The standard InChI is InChI=1S/C17H18N4O2S/c1-17-8-7-14(22)21(17)13(11-24-17)15(23)19-16-18-9-10-20(16)12-5-3-2-4-6-12/h2-6,9-10,13H,7-8,11H2,1H3,(H,18,19,23)/t13-,17+/m1/s1. The maximum absolute atomic E-state index is 12.8. The van der Waals surface area contributed by atoms with Crippen molar-refractivity contribution in [2.75, 3.05) is 11.1 Å². The number of amides is 2. The predicted molar refractivity (Wildman–Crippen MR) is 92.9 cm³/mol. The summed E-state index contributed by atoms with van der Waals surface area (Å²) in [6, 6.07) is 9.27. The maximum atomic E-state index is 12.8. The van der Waals surface area contributed by atoms with Gasteiger partial charge >= 0.3 is 0 Å². The molecule has 2 aliphatic rings. The summed E-state index contributed by atoms with van der Waals surface area (Å²) in [5, 5.41) is 2.89. The van der Waals surface area contributed by atoms with Crippen LogP contribution in [0, 0.1) is 0 Å². The van der Waals surface area contributed by atoms with Gasteiger partial charge in [0, 0.05) is 30.3 Å². The van der Waals surface area contributed by atoms with Gasteiger partial charge in [-0.2, -0.15) is 0 Å². The van der Waals surface area contributed by atoms with Crippen molar-refractivity contribution < 1.29 is 9.59 Å². The van der Waals surface area contributed by atoms with E-state index < -0.39 is 6.04 Å². The third kappa shape index (κ3) is 2.39. The Morgan fingerprint density at radius 2 is 2.17 bits per heavy atom. The number of thioether (sulfide) groups is 1. The molecule has 2 amide bonds. The number of rotatable bonds is 3. The van der Waals surface area contributed by atoms with Gasteiger partial charge in [-0.25, -0.2) is 4.98 Å². The molecule has 6 nitrogen and oxygen atoms in total. The summed E-state index contributed by atoms with van der Waals surface area (Å²) in [6.45, 7) is 2.04. The van der Waals surface area contributed by atoms with Crippen LogP contribution in [0.15, 0.2) is 42.7 Å². The van der Waals surface area contributed by atoms with E-state index in [-0.39, 0.29) is 16.7 Å². The van der Waals surface area contributed by atoms with E-state index in [2.05, 4.69) is 10.3 Å². The number of para-hydroxylation sites is 1. The van der Waals surface area contributed by atoms with E-state index in [1.807, 2.05) is 41.8 Å². The van der Waals surface area contributed by atoms with Crippen LogP contribution in [0.25, 0.3) is 5.69 Å². The van der Waals surface area contributed by atoms with Crippen LogP contribution < -0.4 is 5.32 Å². The second-order valence-electron chi connectivity index (χ2n) is 6.21. The molecule has 0 aliphatic carbocycles. The van der Waals surface area contributed by atoms with Crippen LogP contribution in [0.2, 0.25) is 0 Å². The van der Waals surface area contributed by atoms with Gasteiger partial charge in [0.1, 0.15) is 6.04 Å². The number of hydrogen-bond donors (Lipinski definition) is 1. The molecule has 2 aromatic rings. The number of nitrogens with zero attached hydrogens (tertiary/aromatic N) is 3. The number of carbonyl (C=O) groups is 2. The highest BCUT2D eigenvalue weighted by molar-refractivity contribution is 8.01. The van der Waals surface area contributed by atoms with Crippen LogP contribution in [0.3, 0.4) is 0 Å². The molecule has 2 aliphatic heterocycles. The Labute approximate surface area is 144 Å². The third-order valence-corrected chi connectivity index (χ3v) is 6.16. The van der Waals surface area contributed by atoms with Crippen molar-refractivity contribution in [3.8, 4) is 5.69 Å². The molecule has 7 heteroatoms. The zero-order chi connectivity index (χ0) is 16.7. The lowest BCUT2D eigenvalue weighted by Gasteiger charge is -2.29. The van der Waals surface area contributed by atoms with Crippen LogP contribution in [-0.4, -0.2) is 42.9 Å². The first-order chi connectivity index (χ1) is 11.6. The Balaban J connectivity index is 1.56. The minimum absolute atomic E-state index is 0.0639. The highest BCUT2D eigenvalue weighted by Gasteiger charge is 2.53. The van der Waals surface area contributed by atoms with Crippen molar-refractivity contribution in [1.82, 2.24) is 14.5 Å². The fourth-order valence-electron chi connectivity index (χ4n) is 3.40. The highest BCUT2D eigenvalue weighted by atomic mass is 32.2. The van der Waals surface area contributed by atoms with Crippen molar-refractivity contribution in [3.63, 3.8) is 0 Å². The van der Waals surface area contributed by atoms with E-state index >= 15 is 0 Å². The van der Waals surface area contributed by atoms with Crippen LogP contribution >= 0.6 is 11.8 Å². The topological polar surface area (TPSA) is 67.2 Å². The quantitative estimate of drug-likeness (QED) is 0.929. The zero-order valence-corrected chi connectivity index (χ0v) is 14.1. The van der Waals surface area contributed by atoms with E-state index in [0.717, 1.165) is 12.1 Å². The lowest BCUT2D eigenvalue weighted by atomic mass is 10.2. The number of fused-ring (bicyclic) bond motifs is 1. The smallest absolute Gasteiger partial charge is 0.250 e. The monoisotopic (exact) mass is 342 g/mol. The molecule has 0 radical (unpaired) electrons.